The van der Waals surface area contributed by atoms with E-state index < -0.39 is 0 Å². The standard InChI is InChI=1S/C20H23N5O/c1-15-5-3-4-6-18(15)11-16(2)24-20(26)23-13-17-7-8-19(22-12-17)25-10-9-21-14-25/h3-10,12,14,16H,11,13H2,1-2H3,(H2,23,24,26). The van der Waals surface area contributed by atoms with Gasteiger partial charge in [0.05, 0.1) is 0 Å². The van der Waals surface area contributed by atoms with Crippen LogP contribution in [0.25, 0.3) is 5.82 Å². The van der Waals surface area contributed by atoms with E-state index in [9.17, 15) is 4.79 Å². The molecule has 1 aromatic carbocycles. The minimum atomic E-state index is -0.176. The minimum absolute atomic E-state index is 0.0536. The summed E-state index contributed by atoms with van der Waals surface area (Å²) in [6.07, 6.45) is 7.81. The third kappa shape index (κ3) is 4.69. The molecule has 0 fully saturated rings. The molecule has 3 rings (SSSR count). The summed E-state index contributed by atoms with van der Waals surface area (Å²) < 4.78 is 1.83. The summed E-state index contributed by atoms with van der Waals surface area (Å²) in [7, 11) is 0. The first-order valence-corrected chi connectivity index (χ1v) is 8.64. The summed E-state index contributed by atoms with van der Waals surface area (Å²) in [6.45, 7) is 4.52. The van der Waals surface area contributed by atoms with Crippen molar-refractivity contribution in [2.75, 3.05) is 0 Å². The number of imidazole rings is 1. The van der Waals surface area contributed by atoms with Crippen LogP contribution in [0.4, 0.5) is 4.79 Å². The number of urea groups is 1. The van der Waals surface area contributed by atoms with Gasteiger partial charge in [0.2, 0.25) is 0 Å². The van der Waals surface area contributed by atoms with E-state index in [0.717, 1.165) is 17.8 Å². The number of aromatic nitrogens is 3. The molecule has 26 heavy (non-hydrogen) atoms. The van der Waals surface area contributed by atoms with Crippen LogP contribution in [-0.2, 0) is 13.0 Å². The van der Waals surface area contributed by atoms with Gasteiger partial charge >= 0.3 is 6.03 Å². The predicted molar refractivity (Wildman–Crippen MR) is 101 cm³/mol. The number of pyridine rings is 1. The zero-order valence-corrected chi connectivity index (χ0v) is 15.0. The van der Waals surface area contributed by atoms with Crippen LogP contribution in [0.5, 0.6) is 0 Å². The molecule has 6 heteroatoms. The number of nitrogens with one attached hydrogen (secondary N) is 2. The first-order valence-electron chi connectivity index (χ1n) is 8.64. The monoisotopic (exact) mass is 349 g/mol. The van der Waals surface area contributed by atoms with Crippen LogP contribution in [0.15, 0.2) is 61.3 Å². The quantitative estimate of drug-likeness (QED) is 0.718. The first kappa shape index (κ1) is 17.7. The molecule has 6 nitrogen and oxygen atoms in total. The second kappa shape index (κ2) is 8.29. The molecule has 0 bridgehead atoms. The van der Waals surface area contributed by atoms with Crippen molar-refractivity contribution < 1.29 is 4.79 Å². The molecule has 2 aromatic heterocycles. The van der Waals surface area contributed by atoms with E-state index in [0.29, 0.717) is 6.54 Å². The van der Waals surface area contributed by atoms with Gasteiger partial charge in [0.15, 0.2) is 0 Å². The fourth-order valence-electron chi connectivity index (χ4n) is 2.75. The van der Waals surface area contributed by atoms with Crippen LogP contribution >= 0.6 is 0 Å². The second-order valence-corrected chi connectivity index (χ2v) is 6.35. The van der Waals surface area contributed by atoms with E-state index in [-0.39, 0.29) is 12.1 Å². The summed E-state index contributed by atoms with van der Waals surface area (Å²) in [5.74, 6) is 0.794. The fraction of sp³-hybridized carbons (Fsp3) is 0.250. The van der Waals surface area contributed by atoms with Crippen LogP contribution < -0.4 is 10.6 Å². The van der Waals surface area contributed by atoms with Crippen molar-refractivity contribution >= 4 is 6.03 Å². The molecule has 2 amide bonds. The van der Waals surface area contributed by atoms with Crippen molar-refractivity contribution in [3.63, 3.8) is 0 Å². The van der Waals surface area contributed by atoms with Crippen molar-refractivity contribution in [3.8, 4) is 5.82 Å². The Bertz CT molecular complexity index is 843. The van der Waals surface area contributed by atoms with Crippen molar-refractivity contribution in [1.82, 2.24) is 25.2 Å². The maximum absolute atomic E-state index is 12.1. The Morgan fingerprint density at radius 1 is 1.23 bits per heavy atom. The molecule has 0 saturated carbocycles. The van der Waals surface area contributed by atoms with Gasteiger partial charge in [0.1, 0.15) is 12.1 Å². The highest BCUT2D eigenvalue weighted by Crippen LogP contribution is 2.09. The summed E-state index contributed by atoms with van der Waals surface area (Å²) in [6, 6.07) is 12.0. The summed E-state index contributed by atoms with van der Waals surface area (Å²) in [5, 5.41) is 5.85. The van der Waals surface area contributed by atoms with Crippen LogP contribution in [0.1, 0.15) is 23.6 Å². The van der Waals surface area contributed by atoms with Gasteiger partial charge in [-0.2, -0.15) is 0 Å². The molecule has 2 heterocycles. The Kier molecular flexibility index (Phi) is 5.63. The fourth-order valence-corrected chi connectivity index (χ4v) is 2.75. The lowest BCUT2D eigenvalue weighted by molar-refractivity contribution is 0.237. The molecule has 0 aliphatic carbocycles. The van der Waals surface area contributed by atoms with Crippen LogP contribution in [0, 0.1) is 6.92 Å². The molecule has 0 spiro atoms. The molecular weight excluding hydrogens is 326 g/mol. The molecule has 0 aliphatic heterocycles. The second-order valence-electron chi connectivity index (χ2n) is 6.35. The molecule has 0 aliphatic rings. The molecule has 2 N–H and O–H groups in total. The molecule has 1 unspecified atom stereocenters. The third-order valence-electron chi connectivity index (χ3n) is 4.20. The van der Waals surface area contributed by atoms with Crippen molar-refractivity contribution in [3.05, 3.63) is 78.0 Å². The van der Waals surface area contributed by atoms with E-state index in [1.165, 1.54) is 11.1 Å². The summed E-state index contributed by atoms with van der Waals surface area (Å²) >= 11 is 0. The highest BCUT2D eigenvalue weighted by Gasteiger charge is 2.09. The highest BCUT2D eigenvalue weighted by molar-refractivity contribution is 5.74. The minimum Gasteiger partial charge on any atom is -0.335 e. The predicted octanol–water partition coefficient (Wildman–Crippen LogP) is 3.01. The Morgan fingerprint density at radius 3 is 2.77 bits per heavy atom. The third-order valence-corrected chi connectivity index (χ3v) is 4.20. The van der Waals surface area contributed by atoms with Gasteiger partial charge in [0, 0.05) is 31.2 Å². The van der Waals surface area contributed by atoms with Crippen molar-refractivity contribution in [2.45, 2.75) is 32.9 Å². The number of benzene rings is 1. The Balaban J connectivity index is 1.47. The lowest BCUT2D eigenvalue weighted by Gasteiger charge is -2.16. The van der Waals surface area contributed by atoms with Gasteiger partial charge in [-0.1, -0.05) is 30.3 Å². The number of hydrogen-bond acceptors (Lipinski definition) is 3. The topological polar surface area (TPSA) is 71.8 Å². The van der Waals surface area contributed by atoms with E-state index in [2.05, 4.69) is 39.7 Å². The zero-order chi connectivity index (χ0) is 18.4. The normalized spacial score (nSPS) is 11.8. The van der Waals surface area contributed by atoms with E-state index in [1.807, 2.05) is 42.0 Å². The number of nitrogens with zero attached hydrogens (tertiary/aromatic N) is 3. The number of rotatable bonds is 6. The van der Waals surface area contributed by atoms with Crippen molar-refractivity contribution in [2.24, 2.45) is 0 Å². The SMILES string of the molecule is Cc1ccccc1CC(C)NC(=O)NCc1ccc(-n2ccnc2)nc1. The Morgan fingerprint density at radius 2 is 2.08 bits per heavy atom. The maximum Gasteiger partial charge on any atom is 0.315 e. The van der Waals surface area contributed by atoms with E-state index in [4.69, 9.17) is 0 Å². The smallest absolute Gasteiger partial charge is 0.315 e. The number of carbonyl (C=O) groups excluding carboxylic acids is 1. The molecule has 1 atom stereocenters. The highest BCUT2D eigenvalue weighted by atomic mass is 16.2. The molecule has 0 saturated heterocycles. The summed E-state index contributed by atoms with van der Waals surface area (Å²) in [5.41, 5.74) is 3.43. The van der Waals surface area contributed by atoms with Gasteiger partial charge in [-0.05, 0) is 43.0 Å². The van der Waals surface area contributed by atoms with Gasteiger partial charge in [-0.15, -0.1) is 0 Å². The van der Waals surface area contributed by atoms with Gasteiger partial charge in [0.25, 0.3) is 0 Å². The Hall–Kier alpha value is -3.15. The maximum atomic E-state index is 12.1. The van der Waals surface area contributed by atoms with Gasteiger partial charge < -0.3 is 10.6 Å². The lowest BCUT2D eigenvalue weighted by atomic mass is 10.0. The molecule has 134 valence electrons. The summed E-state index contributed by atoms with van der Waals surface area (Å²) in [4.78, 5) is 20.5. The Labute approximate surface area is 153 Å². The van der Waals surface area contributed by atoms with Gasteiger partial charge in [-0.3, -0.25) is 4.57 Å². The molecular formula is C20H23N5O. The molecule has 0 radical (unpaired) electrons. The number of amides is 2. The average molecular weight is 349 g/mol. The largest absolute Gasteiger partial charge is 0.335 e. The number of carbonyl (C=O) groups is 1. The van der Waals surface area contributed by atoms with Crippen LogP contribution in [0.2, 0.25) is 0 Å². The first-order chi connectivity index (χ1) is 12.6. The van der Waals surface area contributed by atoms with E-state index in [1.54, 1.807) is 18.7 Å². The zero-order valence-electron chi connectivity index (χ0n) is 15.0. The lowest BCUT2D eigenvalue weighted by Crippen LogP contribution is -2.41. The van der Waals surface area contributed by atoms with E-state index >= 15 is 0 Å². The van der Waals surface area contributed by atoms with Crippen LogP contribution in [0.3, 0.4) is 0 Å². The molecule has 3 aromatic rings. The number of hydrogen-bond donors (Lipinski definition) is 2. The van der Waals surface area contributed by atoms with Crippen molar-refractivity contribution in [1.29, 1.82) is 0 Å². The van der Waals surface area contributed by atoms with Gasteiger partial charge in [-0.25, -0.2) is 14.8 Å². The van der Waals surface area contributed by atoms with Crippen LogP contribution in [-0.4, -0.2) is 26.6 Å². The average Bonchev–Trinajstić information content (AvgIpc) is 3.17. The number of aryl methyl sites for hydroxylation is 1.